The lowest BCUT2D eigenvalue weighted by atomic mass is 10.1. The average molecular weight is 941 g/mol. The zero-order valence-corrected chi connectivity index (χ0v) is 41.5. The molecule has 0 aromatic rings. The molecule has 0 radical (unpaired) electrons. The van der Waals surface area contributed by atoms with Crippen LogP contribution >= 0.6 is 7.82 Å². The highest BCUT2D eigenvalue weighted by Gasteiger charge is 2.28. The van der Waals surface area contributed by atoms with Gasteiger partial charge in [0.1, 0.15) is 12.7 Å². The molecule has 0 aliphatic heterocycles. The molecule has 372 valence electrons. The largest absolute Gasteiger partial charge is 0.472 e. The third-order valence-electron chi connectivity index (χ3n) is 9.36. The third-order valence-corrected chi connectivity index (χ3v) is 10.3. The van der Waals surface area contributed by atoms with Crippen LogP contribution in [0.2, 0.25) is 0 Å². The van der Waals surface area contributed by atoms with Crippen LogP contribution in [0.25, 0.3) is 0 Å². The number of carbonyl (C=O) groups is 3. The van der Waals surface area contributed by atoms with Crippen molar-refractivity contribution in [1.29, 1.82) is 0 Å². The Bertz CT molecular complexity index is 1570. The Morgan fingerprint density at radius 2 is 0.818 bits per heavy atom. The van der Waals surface area contributed by atoms with Crippen LogP contribution in [0.1, 0.15) is 162 Å². The first-order valence-electron chi connectivity index (χ1n) is 24.4. The summed E-state index contributed by atoms with van der Waals surface area (Å²) in [6.07, 6.45) is 56.4. The van der Waals surface area contributed by atoms with Gasteiger partial charge in [0.05, 0.1) is 19.8 Å². The lowest BCUT2D eigenvalue weighted by Gasteiger charge is -2.21. The van der Waals surface area contributed by atoms with E-state index in [-0.39, 0.29) is 19.3 Å². The maximum atomic E-state index is 12.8. The van der Waals surface area contributed by atoms with Crippen molar-refractivity contribution in [3.05, 3.63) is 122 Å². The zero-order chi connectivity index (χ0) is 48.4. The number of hydrogen-bond donors (Lipinski definition) is 2. The number of esters is 3. The number of phosphoric acid groups is 1. The van der Waals surface area contributed by atoms with Crippen molar-refractivity contribution >= 4 is 25.7 Å². The minimum atomic E-state index is -4.78. The Hall–Kier alpha value is -4.12. The molecule has 3 unspecified atom stereocenters. The van der Waals surface area contributed by atoms with Crippen molar-refractivity contribution in [2.45, 2.75) is 174 Å². The van der Waals surface area contributed by atoms with E-state index in [0.29, 0.717) is 25.7 Å². The topological polar surface area (TPSA) is 155 Å². The van der Waals surface area contributed by atoms with Crippen molar-refractivity contribution < 1.29 is 52.2 Å². The summed E-state index contributed by atoms with van der Waals surface area (Å²) in [5.41, 5.74) is 0. The fourth-order valence-electron chi connectivity index (χ4n) is 5.71. The van der Waals surface area contributed by atoms with Gasteiger partial charge < -0.3 is 24.2 Å². The molecule has 0 rings (SSSR count). The van der Waals surface area contributed by atoms with E-state index in [1.165, 1.54) is 0 Å². The molecule has 0 saturated heterocycles. The van der Waals surface area contributed by atoms with Gasteiger partial charge >= 0.3 is 25.7 Å². The van der Waals surface area contributed by atoms with E-state index in [2.05, 4.69) is 112 Å². The number of rotatable bonds is 43. The molecule has 11 nitrogen and oxygen atoms in total. The molecule has 2 N–H and O–H groups in total. The summed E-state index contributed by atoms with van der Waals surface area (Å²) in [7, 11) is -4.78. The van der Waals surface area contributed by atoms with Gasteiger partial charge in [-0.3, -0.25) is 23.4 Å². The molecule has 0 fully saturated rings. The average Bonchev–Trinajstić information content (AvgIpc) is 3.30. The summed E-state index contributed by atoms with van der Waals surface area (Å²) in [5.74, 6) is -1.70. The van der Waals surface area contributed by atoms with Crippen LogP contribution in [-0.4, -0.2) is 66.5 Å². The number of allylic oxidation sites excluding steroid dienone is 20. The van der Waals surface area contributed by atoms with Crippen LogP contribution < -0.4 is 0 Å². The Morgan fingerprint density at radius 1 is 0.439 bits per heavy atom. The molecule has 0 aromatic carbocycles. The number of ether oxygens (including phenoxy) is 3. The first-order valence-corrected chi connectivity index (χ1v) is 25.9. The minimum Gasteiger partial charge on any atom is -0.462 e. The van der Waals surface area contributed by atoms with Crippen LogP contribution in [0.5, 0.6) is 0 Å². The molecule has 66 heavy (non-hydrogen) atoms. The zero-order valence-electron chi connectivity index (χ0n) is 40.6. The standard InChI is InChI=1S/C54H85O11P/c1-4-7-10-13-16-19-22-25-28-31-34-37-40-43-52(56)61-47-51(65-54(58)45-42-39-36-33-30-27-24-21-18-15-12-9-6-3)49-63-66(59,60)62-48-50(46-55)64-53(57)44-41-38-35-32-29-26-23-20-17-14-11-8-5-2/h7,9-12,14,16,18-21,23,25,27-28,30,34,36-37,39,50-51,55H,4-6,8,13,15,17,22,24,26,29,31-33,35,38,40-49H2,1-3H3,(H,59,60)/b10-7-,12-9-,14-11-,19-16-,21-18-,23-20-,28-25-,30-27-,37-34-,39-36-. The monoisotopic (exact) mass is 941 g/mol. The van der Waals surface area contributed by atoms with Gasteiger partial charge in [-0.15, -0.1) is 0 Å². The van der Waals surface area contributed by atoms with Gasteiger partial charge in [0.25, 0.3) is 0 Å². The second-order valence-electron chi connectivity index (χ2n) is 15.5. The van der Waals surface area contributed by atoms with Crippen molar-refractivity contribution in [3.63, 3.8) is 0 Å². The smallest absolute Gasteiger partial charge is 0.462 e. The molecule has 0 saturated carbocycles. The van der Waals surface area contributed by atoms with E-state index in [1.807, 2.05) is 30.4 Å². The predicted octanol–water partition coefficient (Wildman–Crippen LogP) is 13.7. The quantitative estimate of drug-likeness (QED) is 0.0197. The number of carbonyl (C=O) groups excluding carboxylic acids is 3. The number of aliphatic hydroxyl groups excluding tert-OH is 1. The van der Waals surface area contributed by atoms with Crippen LogP contribution in [-0.2, 0) is 42.2 Å². The summed E-state index contributed by atoms with van der Waals surface area (Å²) in [5, 5.41) is 9.75. The molecule has 0 aromatic heterocycles. The van der Waals surface area contributed by atoms with Crippen molar-refractivity contribution in [3.8, 4) is 0 Å². The first-order chi connectivity index (χ1) is 32.2. The van der Waals surface area contributed by atoms with Gasteiger partial charge in [0.2, 0.25) is 0 Å². The number of aliphatic hydroxyl groups is 1. The molecule has 0 heterocycles. The highest BCUT2D eigenvalue weighted by molar-refractivity contribution is 7.47. The van der Waals surface area contributed by atoms with Crippen LogP contribution in [0.3, 0.4) is 0 Å². The number of hydrogen-bond acceptors (Lipinski definition) is 10. The Morgan fingerprint density at radius 3 is 1.30 bits per heavy atom. The molecule has 0 bridgehead atoms. The van der Waals surface area contributed by atoms with Gasteiger partial charge in [-0.2, -0.15) is 0 Å². The molecule has 12 heteroatoms. The van der Waals surface area contributed by atoms with E-state index in [1.54, 1.807) is 0 Å². The van der Waals surface area contributed by atoms with Crippen LogP contribution in [0.15, 0.2) is 122 Å². The van der Waals surface area contributed by atoms with Gasteiger partial charge in [0.15, 0.2) is 6.10 Å². The van der Waals surface area contributed by atoms with Crippen molar-refractivity contribution in [2.75, 3.05) is 26.4 Å². The maximum absolute atomic E-state index is 12.8. The molecule has 3 atom stereocenters. The second kappa shape index (κ2) is 47.4. The molecule has 0 spiro atoms. The molecule has 0 aliphatic carbocycles. The minimum absolute atomic E-state index is 0.0242. The first kappa shape index (κ1) is 61.9. The Kier molecular flexibility index (Phi) is 44.4. The Balaban J connectivity index is 4.94. The van der Waals surface area contributed by atoms with Gasteiger partial charge in [0, 0.05) is 19.3 Å². The summed E-state index contributed by atoms with van der Waals surface area (Å²) in [4.78, 5) is 48.1. The van der Waals surface area contributed by atoms with Crippen molar-refractivity contribution in [1.82, 2.24) is 0 Å². The Labute approximate surface area is 398 Å². The van der Waals surface area contributed by atoms with Gasteiger partial charge in [-0.25, -0.2) is 4.57 Å². The second-order valence-corrected chi connectivity index (χ2v) is 17.0. The lowest BCUT2D eigenvalue weighted by Crippen LogP contribution is -2.30. The van der Waals surface area contributed by atoms with Gasteiger partial charge in [-0.05, 0) is 96.3 Å². The van der Waals surface area contributed by atoms with Crippen molar-refractivity contribution in [2.24, 2.45) is 0 Å². The van der Waals surface area contributed by atoms with Gasteiger partial charge in [-0.1, -0.05) is 168 Å². The van der Waals surface area contributed by atoms with E-state index in [9.17, 15) is 28.9 Å². The molecular formula is C54H85O11P. The fourth-order valence-corrected chi connectivity index (χ4v) is 6.50. The van der Waals surface area contributed by atoms with E-state index >= 15 is 0 Å². The highest BCUT2D eigenvalue weighted by Crippen LogP contribution is 2.43. The SMILES string of the molecule is CC/C=C\C/C=C\C/C=C\C/C=C\CCC(=O)OCC(COP(=O)(O)OCC(CO)OC(=O)CCCCCCC/C=C\C/C=C\CCC)OC(=O)CC/C=C\C/C=C\C/C=C\C/C=C\CC. The third kappa shape index (κ3) is 45.1. The maximum Gasteiger partial charge on any atom is 0.472 e. The summed E-state index contributed by atoms with van der Waals surface area (Å²) in [6.45, 7) is 4.11. The van der Waals surface area contributed by atoms with E-state index in [4.69, 9.17) is 23.3 Å². The summed E-state index contributed by atoms with van der Waals surface area (Å²) < 4.78 is 39.1. The van der Waals surface area contributed by atoms with E-state index in [0.717, 1.165) is 96.3 Å². The summed E-state index contributed by atoms with van der Waals surface area (Å²) >= 11 is 0. The van der Waals surface area contributed by atoms with E-state index < -0.39 is 64.4 Å². The summed E-state index contributed by atoms with van der Waals surface area (Å²) in [6, 6.07) is 0. The lowest BCUT2D eigenvalue weighted by molar-refractivity contribution is -0.161. The predicted molar refractivity (Wildman–Crippen MR) is 270 cm³/mol. The van der Waals surface area contributed by atoms with Crippen LogP contribution in [0.4, 0.5) is 0 Å². The molecule has 0 aliphatic rings. The number of phosphoric ester groups is 1. The molecule has 0 amide bonds. The van der Waals surface area contributed by atoms with Crippen LogP contribution in [0, 0.1) is 0 Å². The highest BCUT2D eigenvalue weighted by atomic mass is 31.2. The normalized spacial score (nSPS) is 14.6. The number of unbranched alkanes of at least 4 members (excludes halogenated alkanes) is 6. The fraction of sp³-hybridized carbons (Fsp3) is 0.574. The molecular weight excluding hydrogens is 856 g/mol.